The van der Waals surface area contributed by atoms with Crippen LogP contribution in [0.4, 0.5) is 13.2 Å². The molecule has 4 rings (SSSR count). The summed E-state index contributed by atoms with van der Waals surface area (Å²) in [5.74, 6) is 0.332. The summed E-state index contributed by atoms with van der Waals surface area (Å²) in [5, 5.41) is 5.29. The molecule has 0 aliphatic rings. The molecule has 4 aromatic rings. The Morgan fingerprint density at radius 1 is 1.00 bits per heavy atom. The van der Waals surface area contributed by atoms with E-state index in [1.165, 1.54) is 4.52 Å². The molecule has 0 aliphatic carbocycles. The largest absolute Gasteiger partial charge is 0.417 e. The molecule has 0 spiro atoms. The van der Waals surface area contributed by atoms with Gasteiger partial charge in [-0.25, -0.2) is 9.97 Å². The van der Waals surface area contributed by atoms with Gasteiger partial charge in [0.2, 0.25) is 5.16 Å². The Morgan fingerprint density at radius 3 is 2.47 bits per heavy atom. The summed E-state index contributed by atoms with van der Waals surface area (Å²) < 4.78 is 39.8. The Morgan fingerprint density at radius 2 is 1.77 bits per heavy atom. The molecule has 3 heterocycles. The highest BCUT2D eigenvalue weighted by Gasteiger charge is 2.31. The van der Waals surface area contributed by atoms with Gasteiger partial charge in [0.1, 0.15) is 5.03 Å². The molecule has 0 saturated carbocycles. The van der Waals surface area contributed by atoms with Crippen molar-refractivity contribution in [3.63, 3.8) is 0 Å². The number of rotatable bonds is 4. The van der Waals surface area contributed by atoms with E-state index in [2.05, 4.69) is 20.1 Å². The van der Waals surface area contributed by atoms with Gasteiger partial charge in [-0.3, -0.25) is 0 Å². The number of aromatic nitrogens is 5. The second-order valence-corrected chi connectivity index (χ2v) is 7.77. The summed E-state index contributed by atoms with van der Waals surface area (Å²) >= 11 is 12.8. The number of alkyl halides is 3. The van der Waals surface area contributed by atoms with E-state index in [0.717, 1.165) is 29.6 Å². The average molecular weight is 468 g/mol. The van der Waals surface area contributed by atoms with Gasteiger partial charge in [0, 0.05) is 17.4 Å². The van der Waals surface area contributed by atoms with Crippen molar-refractivity contribution >= 4 is 52.9 Å². The Labute approximate surface area is 182 Å². The smallest absolute Gasteiger partial charge is 0.247 e. The predicted molar refractivity (Wildman–Crippen MR) is 110 cm³/mol. The van der Waals surface area contributed by atoms with Crippen LogP contribution < -0.4 is 0 Å². The fourth-order valence-electron chi connectivity index (χ4n) is 2.46. The molecule has 1 aromatic carbocycles. The first kappa shape index (κ1) is 20.6. The first-order valence-electron chi connectivity index (χ1n) is 8.35. The van der Waals surface area contributed by atoms with Crippen LogP contribution in [0.1, 0.15) is 16.8 Å². The number of hydrogen-bond donors (Lipinski definition) is 0. The van der Waals surface area contributed by atoms with Gasteiger partial charge >= 0.3 is 6.18 Å². The topological polar surface area (TPSA) is 56.0 Å². The van der Waals surface area contributed by atoms with Crippen molar-refractivity contribution < 1.29 is 13.2 Å². The second kappa shape index (κ2) is 8.25. The lowest BCUT2D eigenvalue weighted by Gasteiger charge is -2.07. The summed E-state index contributed by atoms with van der Waals surface area (Å²) in [7, 11) is 0. The van der Waals surface area contributed by atoms with E-state index in [-0.39, 0.29) is 15.2 Å². The number of benzene rings is 1. The van der Waals surface area contributed by atoms with Gasteiger partial charge in [-0.15, -0.1) is 5.10 Å². The Bertz CT molecular complexity index is 1240. The molecule has 0 aliphatic heterocycles. The Hall–Kier alpha value is -2.62. The standard InChI is InChI=1S/C19H10Cl2F3N5S/c20-13-4-1-11(2-5-13)3-6-14-7-8-25-17-27-18(28-29(14)17)30-16-15(21)9-12(10-26-16)19(22,23)24/h1-10H/b6-3-. The third-order valence-corrected chi connectivity index (χ3v) is 5.42. The van der Waals surface area contributed by atoms with E-state index in [0.29, 0.717) is 16.5 Å². The van der Waals surface area contributed by atoms with E-state index >= 15 is 0 Å². The fraction of sp³-hybridized carbons (Fsp3) is 0.0526. The third-order valence-electron chi connectivity index (χ3n) is 3.89. The highest BCUT2D eigenvalue weighted by molar-refractivity contribution is 7.99. The molecule has 0 saturated heterocycles. The molecule has 0 atom stereocenters. The molecular formula is C19H10Cl2F3N5S. The van der Waals surface area contributed by atoms with Gasteiger partial charge in [0.25, 0.3) is 5.78 Å². The Balaban J connectivity index is 1.61. The number of halogens is 5. The normalized spacial score (nSPS) is 12.2. The van der Waals surface area contributed by atoms with Gasteiger partial charge in [0.05, 0.1) is 16.3 Å². The number of pyridine rings is 1. The maximum absolute atomic E-state index is 12.8. The molecule has 0 amide bonds. The highest BCUT2D eigenvalue weighted by atomic mass is 35.5. The molecule has 11 heteroatoms. The molecule has 0 bridgehead atoms. The van der Waals surface area contributed by atoms with E-state index in [1.807, 2.05) is 24.3 Å². The maximum atomic E-state index is 12.8. The van der Waals surface area contributed by atoms with Gasteiger partial charge < -0.3 is 0 Å². The molecule has 152 valence electrons. The number of hydrogen-bond acceptors (Lipinski definition) is 5. The molecule has 0 unspecified atom stereocenters. The van der Waals surface area contributed by atoms with Crippen molar-refractivity contribution in [1.29, 1.82) is 0 Å². The monoisotopic (exact) mass is 467 g/mol. The van der Waals surface area contributed by atoms with E-state index in [1.54, 1.807) is 24.4 Å². The number of nitrogens with zero attached hydrogens (tertiary/aromatic N) is 5. The Kier molecular flexibility index (Phi) is 5.68. The minimum absolute atomic E-state index is 0.135. The van der Waals surface area contributed by atoms with Crippen LogP contribution in [0.25, 0.3) is 17.9 Å². The van der Waals surface area contributed by atoms with Crippen LogP contribution in [0.3, 0.4) is 0 Å². The van der Waals surface area contributed by atoms with Gasteiger partial charge in [0.15, 0.2) is 0 Å². The summed E-state index contributed by atoms with van der Waals surface area (Å²) in [6.07, 6.45) is 1.51. The van der Waals surface area contributed by atoms with Crippen molar-refractivity contribution in [3.05, 3.63) is 75.7 Å². The zero-order valence-corrected chi connectivity index (χ0v) is 17.1. The third kappa shape index (κ3) is 4.58. The first-order valence-corrected chi connectivity index (χ1v) is 9.93. The lowest BCUT2D eigenvalue weighted by atomic mass is 10.2. The second-order valence-electron chi connectivity index (χ2n) is 5.97. The quantitative estimate of drug-likeness (QED) is 0.359. The molecule has 3 aromatic heterocycles. The lowest BCUT2D eigenvalue weighted by Crippen LogP contribution is -2.05. The van der Waals surface area contributed by atoms with Crippen LogP contribution in [0.2, 0.25) is 10.0 Å². The van der Waals surface area contributed by atoms with Crippen molar-refractivity contribution in [1.82, 2.24) is 24.6 Å². The SMILES string of the molecule is FC(F)(F)c1cnc(Sc2nc3nccc(/C=C\c4ccc(Cl)cc4)n3n2)c(Cl)c1. The van der Waals surface area contributed by atoms with Crippen molar-refractivity contribution in [2.24, 2.45) is 0 Å². The zero-order chi connectivity index (χ0) is 21.3. The van der Waals surface area contributed by atoms with Crippen LogP contribution in [-0.2, 0) is 6.18 Å². The minimum Gasteiger partial charge on any atom is -0.247 e. The lowest BCUT2D eigenvalue weighted by molar-refractivity contribution is -0.137. The van der Waals surface area contributed by atoms with Gasteiger partial charge in [-0.05, 0) is 47.7 Å². The molecule has 0 N–H and O–H groups in total. The maximum Gasteiger partial charge on any atom is 0.417 e. The highest BCUT2D eigenvalue weighted by Crippen LogP contribution is 2.35. The van der Waals surface area contributed by atoms with Crippen LogP contribution >= 0.6 is 35.0 Å². The molecule has 0 fully saturated rings. The average Bonchev–Trinajstić information content (AvgIpc) is 3.11. The minimum atomic E-state index is -4.52. The number of fused-ring (bicyclic) bond motifs is 1. The summed E-state index contributed by atoms with van der Waals surface area (Å²) in [5.41, 5.74) is 0.733. The van der Waals surface area contributed by atoms with Crippen LogP contribution in [-0.4, -0.2) is 24.6 Å². The summed E-state index contributed by atoms with van der Waals surface area (Å²) in [6.45, 7) is 0. The molecule has 0 radical (unpaired) electrons. The van der Waals surface area contributed by atoms with Crippen LogP contribution in [0.15, 0.2) is 59.0 Å². The summed E-state index contributed by atoms with van der Waals surface area (Å²) in [4.78, 5) is 12.2. The van der Waals surface area contributed by atoms with Crippen molar-refractivity contribution in [3.8, 4) is 0 Å². The van der Waals surface area contributed by atoms with Gasteiger partial charge in [-0.2, -0.15) is 22.7 Å². The van der Waals surface area contributed by atoms with Crippen molar-refractivity contribution in [2.45, 2.75) is 16.4 Å². The zero-order valence-electron chi connectivity index (χ0n) is 14.8. The molecule has 30 heavy (non-hydrogen) atoms. The fourth-order valence-corrected chi connectivity index (χ4v) is 3.55. The summed E-state index contributed by atoms with van der Waals surface area (Å²) in [6, 6.07) is 9.90. The van der Waals surface area contributed by atoms with Crippen LogP contribution in [0, 0.1) is 0 Å². The van der Waals surface area contributed by atoms with E-state index < -0.39 is 11.7 Å². The van der Waals surface area contributed by atoms with E-state index in [9.17, 15) is 13.2 Å². The molecular weight excluding hydrogens is 458 g/mol. The molecule has 5 nitrogen and oxygen atoms in total. The first-order chi connectivity index (χ1) is 14.3. The van der Waals surface area contributed by atoms with Crippen LogP contribution in [0.5, 0.6) is 0 Å². The van der Waals surface area contributed by atoms with Gasteiger partial charge in [-0.1, -0.05) is 41.4 Å². The van der Waals surface area contributed by atoms with E-state index in [4.69, 9.17) is 23.2 Å². The predicted octanol–water partition coefficient (Wildman–Crippen LogP) is 6.17. The van der Waals surface area contributed by atoms with Crippen molar-refractivity contribution in [2.75, 3.05) is 0 Å².